The van der Waals surface area contributed by atoms with Gasteiger partial charge in [-0.15, -0.1) is 0 Å². The maximum Gasteiger partial charge on any atom is 0.271 e. The van der Waals surface area contributed by atoms with Gasteiger partial charge in [-0.25, -0.2) is 0 Å². The lowest BCUT2D eigenvalue weighted by Crippen LogP contribution is -2.33. The van der Waals surface area contributed by atoms with E-state index in [1.165, 1.54) is 31.2 Å². The standard InChI is InChI=1S/C21H28N4O/c26-21(22-17-10-4-5-11-17)19-14-18(23-24-19)20-12-6-7-13-25(20)15-16-8-2-1-3-9-16/h1-3,8-9,14,17,20H,4-7,10-13,15H2,(H,22,26)(H,23,24)/t20-/m0/s1. The molecule has 1 saturated heterocycles. The predicted octanol–water partition coefficient (Wildman–Crippen LogP) is 3.81. The number of benzene rings is 1. The molecule has 1 aliphatic heterocycles. The van der Waals surface area contributed by atoms with Crippen molar-refractivity contribution >= 4 is 5.91 Å². The zero-order valence-electron chi connectivity index (χ0n) is 15.3. The summed E-state index contributed by atoms with van der Waals surface area (Å²) in [7, 11) is 0. The van der Waals surface area contributed by atoms with Crippen LogP contribution in [0.3, 0.4) is 0 Å². The Kier molecular flexibility index (Phi) is 5.34. The summed E-state index contributed by atoms with van der Waals surface area (Å²) >= 11 is 0. The second kappa shape index (κ2) is 8.04. The van der Waals surface area contributed by atoms with E-state index in [1.54, 1.807) is 0 Å². The third-order valence-corrected chi connectivity index (χ3v) is 5.72. The van der Waals surface area contributed by atoms with Crippen LogP contribution in [-0.4, -0.2) is 33.6 Å². The number of amides is 1. The summed E-state index contributed by atoms with van der Waals surface area (Å²) in [5, 5.41) is 10.6. The average molecular weight is 352 g/mol. The van der Waals surface area contributed by atoms with Crippen LogP contribution in [-0.2, 0) is 6.54 Å². The van der Waals surface area contributed by atoms with E-state index in [2.05, 4.69) is 50.7 Å². The predicted molar refractivity (Wildman–Crippen MR) is 102 cm³/mol. The number of H-pyrrole nitrogens is 1. The lowest BCUT2D eigenvalue weighted by molar-refractivity contribution is 0.0932. The van der Waals surface area contributed by atoms with Crippen molar-refractivity contribution in [3.05, 3.63) is 53.3 Å². The fraction of sp³-hybridized carbons (Fsp3) is 0.524. The van der Waals surface area contributed by atoms with Crippen LogP contribution >= 0.6 is 0 Å². The molecule has 0 spiro atoms. The number of carbonyl (C=O) groups is 1. The molecule has 2 fully saturated rings. The first kappa shape index (κ1) is 17.3. The Morgan fingerprint density at radius 3 is 2.69 bits per heavy atom. The van der Waals surface area contributed by atoms with E-state index in [9.17, 15) is 4.79 Å². The Balaban J connectivity index is 1.44. The molecule has 26 heavy (non-hydrogen) atoms. The van der Waals surface area contributed by atoms with Gasteiger partial charge >= 0.3 is 0 Å². The van der Waals surface area contributed by atoms with E-state index in [0.717, 1.165) is 38.0 Å². The lowest BCUT2D eigenvalue weighted by atomic mass is 9.98. The van der Waals surface area contributed by atoms with Crippen LogP contribution in [0.5, 0.6) is 0 Å². The fourth-order valence-electron chi connectivity index (χ4n) is 4.30. The van der Waals surface area contributed by atoms with Crippen molar-refractivity contribution in [2.24, 2.45) is 0 Å². The molecule has 1 aromatic heterocycles. The molecule has 0 radical (unpaired) electrons. The molecular formula is C21H28N4O. The summed E-state index contributed by atoms with van der Waals surface area (Å²) in [6.45, 7) is 2.02. The van der Waals surface area contributed by atoms with E-state index >= 15 is 0 Å². The number of hydrogen-bond donors (Lipinski definition) is 2. The molecule has 1 atom stereocenters. The van der Waals surface area contributed by atoms with E-state index in [1.807, 2.05) is 6.07 Å². The number of likely N-dealkylation sites (tertiary alicyclic amines) is 1. The van der Waals surface area contributed by atoms with Gasteiger partial charge in [0, 0.05) is 12.6 Å². The topological polar surface area (TPSA) is 61.0 Å². The highest BCUT2D eigenvalue weighted by atomic mass is 16.2. The Morgan fingerprint density at radius 2 is 1.88 bits per heavy atom. The molecule has 1 aliphatic carbocycles. The summed E-state index contributed by atoms with van der Waals surface area (Å²) in [6.07, 6.45) is 8.18. The zero-order valence-corrected chi connectivity index (χ0v) is 15.3. The molecule has 5 nitrogen and oxygen atoms in total. The second-order valence-electron chi connectivity index (χ2n) is 7.63. The number of piperidine rings is 1. The van der Waals surface area contributed by atoms with Gasteiger partial charge in [0.05, 0.1) is 11.7 Å². The van der Waals surface area contributed by atoms with Crippen molar-refractivity contribution in [2.75, 3.05) is 6.54 Å². The minimum absolute atomic E-state index is 0.0372. The van der Waals surface area contributed by atoms with Crippen LogP contribution in [0.4, 0.5) is 0 Å². The van der Waals surface area contributed by atoms with Crippen molar-refractivity contribution in [1.29, 1.82) is 0 Å². The molecule has 5 heteroatoms. The maximum absolute atomic E-state index is 12.5. The van der Waals surface area contributed by atoms with Crippen molar-refractivity contribution < 1.29 is 4.79 Å². The van der Waals surface area contributed by atoms with Gasteiger partial charge in [0.15, 0.2) is 0 Å². The van der Waals surface area contributed by atoms with E-state index in [4.69, 9.17) is 0 Å². The van der Waals surface area contributed by atoms with Gasteiger partial charge in [-0.2, -0.15) is 5.10 Å². The molecule has 1 saturated carbocycles. The van der Waals surface area contributed by atoms with Crippen LogP contribution in [0.1, 0.15) is 72.7 Å². The normalized spacial score (nSPS) is 21.8. The molecule has 0 unspecified atom stereocenters. The minimum atomic E-state index is -0.0372. The van der Waals surface area contributed by atoms with Crippen LogP contribution in [0.2, 0.25) is 0 Å². The Labute approximate surface area is 155 Å². The first-order valence-electron chi connectivity index (χ1n) is 9.94. The van der Waals surface area contributed by atoms with Crippen molar-refractivity contribution in [3.63, 3.8) is 0 Å². The molecule has 4 rings (SSSR count). The summed E-state index contributed by atoms with van der Waals surface area (Å²) in [5.74, 6) is -0.0372. The lowest BCUT2D eigenvalue weighted by Gasteiger charge is -2.35. The number of rotatable bonds is 5. The number of aromatic amines is 1. The summed E-state index contributed by atoms with van der Waals surface area (Å²) in [5.41, 5.74) is 2.92. The SMILES string of the molecule is O=C(NC1CCCC1)c1cc([C@@H]2CCCCN2Cc2ccccc2)[nH]n1. The largest absolute Gasteiger partial charge is 0.348 e. The van der Waals surface area contributed by atoms with Gasteiger partial charge in [-0.05, 0) is 43.9 Å². The Bertz CT molecular complexity index is 721. The highest BCUT2D eigenvalue weighted by molar-refractivity contribution is 5.92. The quantitative estimate of drug-likeness (QED) is 0.860. The smallest absolute Gasteiger partial charge is 0.271 e. The van der Waals surface area contributed by atoms with Gasteiger partial charge in [0.2, 0.25) is 0 Å². The van der Waals surface area contributed by atoms with Crippen LogP contribution in [0, 0.1) is 0 Å². The van der Waals surface area contributed by atoms with Crippen molar-refractivity contribution in [1.82, 2.24) is 20.4 Å². The van der Waals surface area contributed by atoms with E-state index in [-0.39, 0.29) is 5.91 Å². The average Bonchev–Trinajstić information content (AvgIpc) is 3.35. The van der Waals surface area contributed by atoms with Gasteiger partial charge in [-0.3, -0.25) is 14.8 Å². The molecule has 1 aromatic carbocycles. The fourth-order valence-corrected chi connectivity index (χ4v) is 4.30. The highest BCUT2D eigenvalue weighted by Gasteiger charge is 2.27. The van der Waals surface area contributed by atoms with Gasteiger partial charge in [0.1, 0.15) is 5.69 Å². The van der Waals surface area contributed by atoms with Crippen LogP contribution in [0.15, 0.2) is 36.4 Å². The second-order valence-corrected chi connectivity index (χ2v) is 7.63. The molecule has 2 aliphatic rings. The number of aromatic nitrogens is 2. The molecular weight excluding hydrogens is 324 g/mol. The zero-order chi connectivity index (χ0) is 17.8. The third-order valence-electron chi connectivity index (χ3n) is 5.72. The first-order valence-corrected chi connectivity index (χ1v) is 9.94. The molecule has 2 aromatic rings. The summed E-state index contributed by atoms with van der Waals surface area (Å²) < 4.78 is 0. The van der Waals surface area contributed by atoms with E-state index < -0.39 is 0 Å². The number of nitrogens with one attached hydrogen (secondary N) is 2. The number of carbonyl (C=O) groups excluding carboxylic acids is 1. The maximum atomic E-state index is 12.5. The summed E-state index contributed by atoms with van der Waals surface area (Å²) in [6, 6.07) is 13.2. The van der Waals surface area contributed by atoms with E-state index in [0.29, 0.717) is 17.8 Å². The van der Waals surface area contributed by atoms with Gasteiger partial charge < -0.3 is 5.32 Å². The third kappa shape index (κ3) is 3.98. The summed E-state index contributed by atoms with van der Waals surface area (Å²) in [4.78, 5) is 15.0. The highest BCUT2D eigenvalue weighted by Crippen LogP contribution is 2.31. The van der Waals surface area contributed by atoms with Crippen LogP contribution < -0.4 is 5.32 Å². The molecule has 1 amide bonds. The van der Waals surface area contributed by atoms with Crippen molar-refractivity contribution in [3.8, 4) is 0 Å². The van der Waals surface area contributed by atoms with Gasteiger partial charge in [0.25, 0.3) is 5.91 Å². The van der Waals surface area contributed by atoms with Crippen molar-refractivity contribution in [2.45, 2.75) is 63.6 Å². The van der Waals surface area contributed by atoms with Crippen LogP contribution in [0.25, 0.3) is 0 Å². The Hall–Kier alpha value is -2.14. The Morgan fingerprint density at radius 1 is 1.12 bits per heavy atom. The van der Waals surface area contributed by atoms with Gasteiger partial charge in [-0.1, -0.05) is 49.6 Å². The molecule has 2 heterocycles. The first-order chi connectivity index (χ1) is 12.8. The monoisotopic (exact) mass is 352 g/mol. The molecule has 2 N–H and O–H groups in total. The molecule has 0 bridgehead atoms. The number of nitrogens with zero attached hydrogens (tertiary/aromatic N) is 2. The number of hydrogen-bond acceptors (Lipinski definition) is 3. The molecule has 138 valence electrons. The minimum Gasteiger partial charge on any atom is -0.348 e.